The van der Waals surface area contributed by atoms with Gasteiger partial charge in [-0.25, -0.2) is 0 Å². The number of halogens is 2. The maximum Gasteiger partial charge on any atom is 0.255 e. The van der Waals surface area contributed by atoms with E-state index in [2.05, 4.69) is 42.1 Å². The third-order valence-corrected chi connectivity index (χ3v) is 6.12. The van der Waals surface area contributed by atoms with Gasteiger partial charge in [-0.15, -0.1) is 0 Å². The Morgan fingerprint density at radius 2 is 1.35 bits per heavy atom. The molecule has 1 aliphatic heterocycles. The normalized spacial score (nSPS) is 13.7. The van der Waals surface area contributed by atoms with Crippen molar-refractivity contribution in [1.82, 2.24) is 4.90 Å². The standard InChI is InChI=1S/C24H21Br2N3O2/c25-19-14-18(15-20(26)16-19)23(30)27-21-6-8-22(9-7-21)28-10-12-29(13-11-28)24(31)17-4-2-1-3-5-17/h1-9,14-16H,10-13H2,(H,27,30). The molecule has 1 heterocycles. The van der Waals surface area contributed by atoms with Crippen LogP contribution in [-0.4, -0.2) is 42.9 Å². The molecule has 5 nitrogen and oxygen atoms in total. The lowest BCUT2D eigenvalue weighted by Gasteiger charge is -2.36. The fourth-order valence-electron chi connectivity index (χ4n) is 3.57. The highest BCUT2D eigenvalue weighted by molar-refractivity contribution is 9.11. The summed E-state index contributed by atoms with van der Waals surface area (Å²) >= 11 is 6.81. The number of hydrogen-bond donors (Lipinski definition) is 1. The molecule has 0 saturated carbocycles. The molecule has 7 heteroatoms. The van der Waals surface area contributed by atoms with E-state index < -0.39 is 0 Å². The van der Waals surface area contributed by atoms with E-state index in [-0.39, 0.29) is 11.8 Å². The maximum atomic E-state index is 12.6. The third kappa shape index (κ3) is 5.35. The zero-order valence-corrected chi connectivity index (χ0v) is 19.9. The first kappa shape index (κ1) is 21.6. The molecule has 3 aromatic rings. The topological polar surface area (TPSA) is 52.7 Å². The Bertz CT molecular complexity index is 1060. The van der Waals surface area contributed by atoms with E-state index in [1.54, 1.807) is 12.1 Å². The van der Waals surface area contributed by atoms with Crippen LogP contribution in [0.2, 0.25) is 0 Å². The van der Waals surface area contributed by atoms with Crippen molar-refractivity contribution < 1.29 is 9.59 Å². The molecule has 1 N–H and O–H groups in total. The van der Waals surface area contributed by atoms with Crippen molar-refractivity contribution in [2.75, 3.05) is 36.4 Å². The van der Waals surface area contributed by atoms with E-state index in [0.717, 1.165) is 39.0 Å². The zero-order chi connectivity index (χ0) is 21.8. The zero-order valence-electron chi connectivity index (χ0n) is 16.7. The minimum atomic E-state index is -0.164. The number of anilines is 2. The monoisotopic (exact) mass is 541 g/mol. The van der Waals surface area contributed by atoms with Gasteiger partial charge in [-0.3, -0.25) is 9.59 Å². The summed E-state index contributed by atoms with van der Waals surface area (Å²) in [7, 11) is 0. The van der Waals surface area contributed by atoms with Gasteiger partial charge >= 0.3 is 0 Å². The van der Waals surface area contributed by atoms with Crippen LogP contribution in [0.5, 0.6) is 0 Å². The molecule has 1 aliphatic rings. The van der Waals surface area contributed by atoms with Crippen molar-refractivity contribution in [2.45, 2.75) is 0 Å². The predicted molar refractivity (Wildman–Crippen MR) is 131 cm³/mol. The van der Waals surface area contributed by atoms with Gasteiger partial charge in [0.15, 0.2) is 0 Å². The molecule has 4 rings (SSSR count). The smallest absolute Gasteiger partial charge is 0.255 e. The Balaban J connectivity index is 1.34. The van der Waals surface area contributed by atoms with Crippen molar-refractivity contribution in [1.29, 1.82) is 0 Å². The van der Waals surface area contributed by atoms with Gasteiger partial charge in [0.1, 0.15) is 0 Å². The first-order valence-corrected chi connectivity index (χ1v) is 11.5. The highest BCUT2D eigenvalue weighted by Gasteiger charge is 2.22. The summed E-state index contributed by atoms with van der Waals surface area (Å²) in [5.74, 6) is -0.0831. The van der Waals surface area contributed by atoms with Crippen LogP contribution in [0.15, 0.2) is 81.7 Å². The van der Waals surface area contributed by atoms with Crippen molar-refractivity contribution in [3.8, 4) is 0 Å². The number of piperazine rings is 1. The summed E-state index contributed by atoms with van der Waals surface area (Å²) in [5, 5.41) is 2.93. The number of hydrogen-bond acceptors (Lipinski definition) is 3. The van der Waals surface area contributed by atoms with E-state index in [1.807, 2.05) is 65.6 Å². The minimum absolute atomic E-state index is 0.0810. The summed E-state index contributed by atoms with van der Waals surface area (Å²) in [6.45, 7) is 2.92. The lowest BCUT2D eigenvalue weighted by atomic mass is 10.1. The van der Waals surface area contributed by atoms with Gasteiger partial charge in [-0.1, -0.05) is 50.1 Å². The molecule has 158 valence electrons. The second-order valence-electron chi connectivity index (χ2n) is 7.30. The summed E-state index contributed by atoms with van der Waals surface area (Å²) < 4.78 is 1.68. The largest absolute Gasteiger partial charge is 0.368 e. The SMILES string of the molecule is O=C(Nc1ccc(N2CCN(C(=O)c3ccccc3)CC2)cc1)c1cc(Br)cc(Br)c1. The minimum Gasteiger partial charge on any atom is -0.368 e. The van der Waals surface area contributed by atoms with Gasteiger partial charge in [0.2, 0.25) is 0 Å². The quantitative estimate of drug-likeness (QED) is 0.478. The van der Waals surface area contributed by atoms with Crippen LogP contribution in [0.3, 0.4) is 0 Å². The molecule has 2 amide bonds. The third-order valence-electron chi connectivity index (χ3n) is 5.20. The van der Waals surface area contributed by atoms with Gasteiger partial charge in [0.25, 0.3) is 11.8 Å². The second kappa shape index (κ2) is 9.66. The summed E-state index contributed by atoms with van der Waals surface area (Å²) in [6, 6.07) is 22.7. The summed E-state index contributed by atoms with van der Waals surface area (Å²) in [5.41, 5.74) is 3.12. The molecule has 1 fully saturated rings. The molecule has 1 saturated heterocycles. The van der Waals surface area contributed by atoms with Gasteiger partial charge < -0.3 is 15.1 Å². The summed E-state index contributed by atoms with van der Waals surface area (Å²) in [4.78, 5) is 29.3. The number of rotatable bonds is 4. The van der Waals surface area contributed by atoms with Gasteiger partial charge in [-0.05, 0) is 54.6 Å². The number of benzene rings is 3. The molecule has 0 aliphatic carbocycles. The lowest BCUT2D eigenvalue weighted by Crippen LogP contribution is -2.48. The van der Waals surface area contributed by atoms with Crippen molar-refractivity contribution in [2.24, 2.45) is 0 Å². The van der Waals surface area contributed by atoms with Crippen molar-refractivity contribution in [3.05, 3.63) is 92.9 Å². The Morgan fingerprint density at radius 3 is 1.97 bits per heavy atom. The first-order chi connectivity index (χ1) is 15.0. The maximum absolute atomic E-state index is 12.6. The molecule has 0 bridgehead atoms. The van der Waals surface area contributed by atoms with Crippen LogP contribution in [0, 0.1) is 0 Å². The number of nitrogens with one attached hydrogen (secondary N) is 1. The van der Waals surface area contributed by atoms with E-state index in [0.29, 0.717) is 18.7 Å². The van der Waals surface area contributed by atoms with Crippen LogP contribution in [-0.2, 0) is 0 Å². The highest BCUT2D eigenvalue weighted by Crippen LogP contribution is 2.23. The molecule has 0 aromatic heterocycles. The average molecular weight is 543 g/mol. The average Bonchev–Trinajstić information content (AvgIpc) is 2.79. The van der Waals surface area contributed by atoms with Crippen LogP contribution in [0.25, 0.3) is 0 Å². The Hall–Kier alpha value is -2.64. The molecular weight excluding hydrogens is 522 g/mol. The van der Waals surface area contributed by atoms with Crippen LogP contribution >= 0.6 is 31.9 Å². The number of carbonyl (C=O) groups excluding carboxylic acids is 2. The van der Waals surface area contributed by atoms with Crippen molar-refractivity contribution >= 4 is 55.0 Å². The molecule has 31 heavy (non-hydrogen) atoms. The number of nitrogens with zero attached hydrogens (tertiary/aromatic N) is 2. The first-order valence-electron chi connectivity index (χ1n) is 9.96. The molecular formula is C24H21Br2N3O2. The van der Waals surface area contributed by atoms with Gasteiger partial charge in [0.05, 0.1) is 0 Å². The fourth-order valence-corrected chi connectivity index (χ4v) is 4.87. The molecule has 0 radical (unpaired) electrons. The highest BCUT2D eigenvalue weighted by atomic mass is 79.9. The summed E-state index contributed by atoms with van der Waals surface area (Å²) in [6.07, 6.45) is 0. The number of carbonyl (C=O) groups is 2. The molecule has 0 atom stereocenters. The van der Waals surface area contributed by atoms with Gasteiger partial charge in [-0.2, -0.15) is 0 Å². The molecule has 3 aromatic carbocycles. The van der Waals surface area contributed by atoms with E-state index in [9.17, 15) is 9.59 Å². The molecule has 0 unspecified atom stereocenters. The van der Waals surface area contributed by atoms with E-state index >= 15 is 0 Å². The van der Waals surface area contributed by atoms with Crippen molar-refractivity contribution in [3.63, 3.8) is 0 Å². The van der Waals surface area contributed by atoms with E-state index in [1.165, 1.54) is 0 Å². The van der Waals surface area contributed by atoms with Gasteiger partial charge in [0, 0.05) is 57.6 Å². The van der Waals surface area contributed by atoms with Crippen LogP contribution in [0.1, 0.15) is 20.7 Å². The number of amides is 2. The van der Waals surface area contributed by atoms with Crippen LogP contribution in [0.4, 0.5) is 11.4 Å². The lowest BCUT2D eigenvalue weighted by molar-refractivity contribution is 0.0746. The Labute approximate surface area is 198 Å². The Kier molecular flexibility index (Phi) is 6.73. The predicted octanol–water partition coefficient (Wildman–Crippen LogP) is 5.43. The second-order valence-corrected chi connectivity index (χ2v) is 9.14. The Morgan fingerprint density at radius 1 is 0.742 bits per heavy atom. The fraction of sp³-hybridized carbons (Fsp3) is 0.167. The molecule has 0 spiro atoms. The van der Waals surface area contributed by atoms with Crippen LogP contribution < -0.4 is 10.2 Å². The van der Waals surface area contributed by atoms with E-state index in [4.69, 9.17) is 0 Å².